The summed E-state index contributed by atoms with van der Waals surface area (Å²) in [6, 6.07) is 1.71. The van der Waals surface area contributed by atoms with E-state index in [4.69, 9.17) is 0 Å². The largest absolute Gasteiger partial charge is 0.368 e. The van der Waals surface area contributed by atoms with Gasteiger partial charge in [0.2, 0.25) is 0 Å². The zero-order valence-electron chi connectivity index (χ0n) is 9.98. The number of aromatic nitrogens is 2. The fourth-order valence-electron chi connectivity index (χ4n) is 0.989. The van der Waals surface area contributed by atoms with Gasteiger partial charge in [-0.1, -0.05) is 0 Å². The summed E-state index contributed by atoms with van der Waals surface area (Å²) >= 11 is 0. The van der Waals surface area contributed by atoms with E-state index < -0.39 is 14.6 Å². The molecule has 0 saturated heterocycles. The van der Waals surface area contributed by atoms with E-state index in [1.807, 2.05) is 0 Å². The highest BCUT2D eigenvalue weighted by Crippen LogP contribution is 2.15. The number of nitrogens with one attached hydrogen (secondary N) is 1. The normalized spacial score (nSPS) is 12.5. The van der Waals surface area contributed by atoms with Crippen molar-refractivity contribution in [3.8, 4) is 0 Å². The zero-order valence-corrected chi connectivity index (χ0v) is 10.8. The van der Waals surface area contributed by atoms with Crippen LogP contribution in [0.2, 0.25) is 0 Å². The van der Waals surface area contributed by atoms with Crippen molar-refractivity contribution in [2.75, 3.05) is 18.1 Å². The number of hydrogen-bond acceptors (Lipinski definition) is 5. The van der Waals surface area contributed by atoms with E-state index in [9.17, 15) is 8.42 Å². The van der Waals surface area contributed by atoms with Crippen molar-refractivity contribution in [3.63, 3.8) is 0 Å². The van der Waals surface area contributed by atoms with Crippen LogP contribution in [0.25, 0.3) is 0 Å². The van der Waals surface area contributed by atoms with Crippen LogP contribution in [0.15, 0.2) is 12.3 Å². The van der Waals surface area contributed by atoms with Crippen LogP contribution in [0, 0.1) is 6.92 Å². The van der Waals surface area contributed by atoms with E-state index in [2.05, 4.69) is 15.3 Å². The van der Waals surface area contributed by atoms with Gasteiger partial charge in [0.25, 0.3) is 0 Å². The van der Waals surface area contributed by atoms with E-state index in [1.54, 1.807) is 33.0 Å². The Bertz CT molecular complexity index is 469. The first-order valence-corrected chi connectivity index (χ1v) is 6.85. The molecular weight excluding hydrogens is 226 g/mol. The van der Waals surface area contributed by atoms with Gasteiger partial charge < -0.3 is 5.32 Å². The van der Waals surface area contributed by atoms with Gasteiger partial charge in [-0.15, -0.1) is 0 Å². The SMILES string of the molecule is Cc1nccc(NCC(C)(C)S(C)(=O)=O)n1. The molecule has 0 saturated carbocycles. The average molecular weight is 243 g/mol. The number of hydrogen-bond donors (Lipinski definition) is 1. The Labute approximate surface area is 96.2 Å². The minimum absolute atomic E-state index is 0.322. The Morgan fingerprint density at radius 3 is 2.56 bits per heavy atom. The predicted octanol–water partition coefficient (Wildman–Crippen LogP) is 1.02. The molecule has 0 amide bonds. The summed E-state index contributed by atoms with van der Waals surface area (Å²) in [6.45, 7) is 5.47. The molecule has 0 atom stereocenters. The lowest BCUT2D eigenvalue weighted by molar-refractivity contribution is 0.559. The molecule has 1 aromatic rings. The predicted molar refractivity (Wildman–Crippen MR) is 64.2 cm³/mol. The van der Waals surface area contributed by atoms with Crippen LogP contribution in [0.3, 0.4) is 0 Å². The minimum atomic E-state index is -3.09. The van der Waals surface area contributed by atoms with Gasteiger partial charge in [0.15, 0.2) is 9.84 Å². The highest BCUT2D eigenvalue weighted by Gasteiger charge is 2.29. The molecule has 0 unspecified atom stereocenters. The molecule has 1 N–H and O–H groups in total. The minimum Gasteiger partial charge on any atom is -0.368 e. The second kappa shape index (κ2) is 4.37. The van der Waals surface area contributed by atoms with Crippen LogP contribution in [-0.4, -0.2) is 35.9 Å². The third-order valence-electron chi connectivity index (χ3n) is 2.48. The lowest BCUT2D eigenvalue weighted by Crippen LogP contribution is -2.38. The van der Waals surface area contributed by atoms with Crippen molar-refractivity contribution in [3.05, 3.63) is 18.1 Å². The third-order valence-corrected chi connectivity index (χ3v) is 4.63. The van der Waals surface area contributed by atoms with Crippen LogP contribution < -0.4 is 5.32 Å². The zero-order chi connectivity index (χ0) is 12.4. The quantitative estimate of drug-likeness (QED) is 0.854. The van der Waals surface area contributed by atoms with E-state index in [-0.39, 0.29) is 0 Å². The molecule has 0 bridgehead atoms. The van der Waals surface area contributed by atoms with Crippen molar-refractivity contribution in [1.29, 1.82) is 0 Å². The fourth-order valence-corrected chi connectivity index (χ4v) is 1.32. The first-order chi connectivity index (χ1) is 7.22. The molecule has 5 nitrogen and oxygen atoms in total. The van der Waals surface area contributed by atoms with Gasteiger partial charge in [0, 0.05) is 19.0 Å². The van der Waals surface area contributed by atoms with Crippen LogP contribution in [0.1, 0.15) is 19.7 Å². The van der Waals surface area contributed by atoms with Gasteiger partial charge in [-0.2, -0.15) is 0 Å². The fraction of sp³-hybridized carbons (Fsp3) is 0.600. The molecule has 16 heavy (non-hydrogen) atoms. The van der Waals surface area contributed by atoms with Gasteiger partial charge in [0.1, 0.15) is 11.6 Å². The van der Waals surface area contributed by atoms with Gasteiger partial charge in [-0.3, -0.25) is 0 Å². The first-order valence-electron chi connectivity index (χ1n) is 4.95. The van der Waals surface area contributed by atoms with Crippen LogP contribution in [0.4, 0.5) is 5.82 Å². The van der Waals surface area contributed by atoms with E-state index in [0.717, 1.165) is 0 Å². The Balaban J connectivity index is 2.72. The molecule has 0 spiro atoms. The van der Waals surface area contributed by atoms with Gasteiger partial charge >= 0.3 is 0 Å². The monoisotopic (exact) mass is 243 g/mol. The topological polar surface area (TPSA) is 72.0 Å². The van der Waals surface area contributed by atoms with Gasteiger partial charge in [-0.05, 0) is 26.8 Å². The maximum Gasteiger partial charge on any atom is 0.154 e. The number of sulfone groups is 1. The van der Waals surface area contributed by atoms with Crippen molar-refractivity contribution in [1.82, 2.24) is 9.97 Å². The first kappa shape index (κ1) is 12.9. The molecule has 1 aromatic heterocycles. The lowest BCUT2D eigenvalue weighted by Gasteiger charge is -2.22. The highest BCUT2D eigenvalue weighted by molar-refractivity contribution is 7.92. The van der Waals surface area contributed by atoms with Crippen molar-refractivity contribution in [2.24, 2.45) is 0 Å². The summed E-state index contributed by atoms with van der Waals surface area (Å²) in [5.74, 6) is 1.30. The van der Waals surface area contributed by atoms with E-state index >= 15 is 0 Å². The summed E-state index contributed by atoms with van der Waals surface area (Å²) in [5, 5.41) is 3.00. The third kappa shape index (κ3) is 3.16. The molecule has 1 heterocycles. The van der Waals surface area contributed by atoms with Crippen molar-refractivity contribution < 1.29 is 8.42 Å². The summed E-state index contributed by atoms with van der Waals surface area (Å²) in [5.41, 5.74) is 0. The Morgan fingerprint density at radius 1 is 1.44 bits per heavy atom. The second-order valence-electron chi connectivity index (χ2n) is 4.37. The highest BCUT2D eigenvalue weighted by atomic mass is 32.2. The molecule has 0 aliphatic rings. The summed E-state index contributed by atoms with van der Waals surface area (Å²) in [7, 11) is -3.09. The van der Waals surface area contributed by atoms with Gasteiger partial charge in [-0.25, -0.2) is 18.4 Å². The van der Waals surface area contributed by atoms with Crippen LogP contribution >= 0.6 is 0 Å². The Hall–Kier alpha value is -1.17. The molecule has 1 rings (SSSR count). The van der Waals surface area contributed by atoms with E-state index in [1.165, 1.54) is 6.26 Å². The van der Waals surface area contributed by atoms with Crippen LogP contribution in [0.5, 0.6) is 0 Å². The summed E-state index contributed by atoms with van der Waals surface area (Å²) < 4.78 is 22.1. The standard InChI is InChI=1S/C10H17N3O2S/c1-8-11-6-5-9(13-8)12-7-10(2,3)16(4,14)15/h5-6H,7H2,1-4H3,(H,11,12,13). The Morgan fingerprint density at radius 2 is 2.06 bits per heavy atom. The number of rotatable bonds is 4. The lowest BCUT2D eigenvalue weighted by atomic mass is 10.2. The molecule has 0 aromatic carbocycles. The summed E-state index contributed by atoms with van der Waals surface area (Å²) in [4.78, 5) is 8.10. The maximum atomic E-state index is 11.5. The maximum absolute atomic E-state index is 11.5. The molecular formula is C10H17N3O2S. The van der Waals surface area contributed by atoms with Crippen molar-refractivity contribution >= 4 is 15.7 Å². The molecule has 90 valence electrons. The van der Waals surface area contributed by atoms with Crippen molar-refractivity contribution in [2.45, 2.75) is 25.5 Å². The molecule has 0 aliphatic carbocycles. The second-order valence-corrected chi connectivity index (χ2v) is 7.02. The molecule has 0 radical (unpaired) electrons. The number of nitrogens with zero attached hydrogens (tertiary/aromatic N) is 2. The molecule has 0 fully saturated rings. The summed E-state index contributed by atoms with van der Waals surface area (Å²) in [6.07, 6.45) is 2.87. The smallest absolute Gasteiger partial charge is 0.154 e. The Kier molecular flexibility index (Phi) is 3.52. The number of aryl methyl sites for hydroxylation is 1. The van der Waals surface area contributed by atoms with Gasteiger partial charge in [0.05, 0.1) is 4.75 Å². The van der Waals surface area contributed by atoms with E-state index in [0.29, 0.717) is 18.2 Å². The molecule has 6 heteroatoms. The number of anilines is 1. The van der Waals surface area contributed by atoms with Crippen LogP contribution in [-0.2, 0) is 9.84 Å². The average Bonchev–Trinajstić information content (AvgIpc) is 2.13. The molecule has 0 aliphatic heterocycles.